The average Bonchev–Trinajstić information content (AvgIpc) is 2.52. The van der Waals surface area contributed by atoms with Gasteiger partial charge < -0.3 is 14.4 Å². The fourth-order valence-electron chi connectivity index (χ4n) is 2.50. The van der Waals surface area contributed by atoms with E-state index < -0.39 is 5.60 Å². The minimum Gasteiger partial charge on any atom is -0.493 e. The van der Waals surface area contributed by atoms with Gasteiger partial charge in [0.2, 0.25) is 0 Å². The number of likely N-dealkylation sites (tertiary alicyclic amines) is 1. The molecule has 0 unspecified atom stereocenters. The molecule has 0 aromatic heterocycles. The van der Waals surface area contributed by atoms with Crippen LogP contribution in [0.1, 0.15) is 39.2 Å². The van der Waals surface area contributed by atoms with E-state index in [4.69, 9.17) is 21.1 Å². The van der Waals surface area contributed by atoms with E-state index in [1.165, 1.54) is 0 Å². The van der Waals surface area contributed by atoms with Crippen LogP contribution in [0.4, 0.5) is 4.79 Å². The molecule has 4 nitrogen and oxygen atoms in total. The van der Waals surface area contributed by atoms with Crippen molar-refractivity contribution in [3.05, 3.63) is 29.8 Å². The van der Waals surface area contributed by atoms with E-state index in [0.29, 0.717) is 18.4 Å². The molecular formula is C18H26ClNO3. The number of rotatable bonds is 4. The lowest BCUT2D eigenvalue weighted by atomic mass is 9.98. The standard InChI is InChI=1S/C18H26ClNO3/c1-18(2,3)23-17(21)20-10-8-15(9-11-20)13-22-16-6-4-14(12-19)5-7-16/h4-7,15H,8-13H2,1-3H3. The van der Waals surface area contributed by atoms with E-state index in [2.05, 4.69) is 0 Å². The van der Waals surface area contributed by atoms with Crippen molar-refractivity contribution in [1.29, 1.82) is 0 Å². The summed E-state index contributed by atoms with van der Waals surface area (Å²) in [5, 5.41) is 0. The van der Waals surface area contributed by atoms with Crippen LogP contribution in [-0.4, -0.2) is 36.3 Å². The molecule has 0 N–H and O–H groups in total. The number of carbonyl (C=O) groups excluding carboxylic acids is 1. The van der Waals surface area contributed by atoms with E-state index in [1.54, 1.807) is 4.90 Å². The molecule has 0 saturated carbocycles. The second-order valence-electron chi connectivity index (χ2n) is 7.00. The second kappa shape index (κ2) is 7.91. The Labute approximate surface area is 143 Å². The van der Waals surface area contributed by atoms with Crippen LogP contribution < -0.4 is 4.74 Å². The average molecular weight is 340 g/mol. The smallest absolute Gasteiger partial charge is 0.410 e. The number of amides is 1. The number of alkyl halides is 1. The number of hydrogen-bond donors (Lipinski definition) is 0. The maximum absolute atomic E-state index is 12.0. The third-order valence-electron chi connectivity index (χ3n) is 3.83. The first-order valence-corrected chi connectivity index (χ1v) is 8.66. The Kier molecular flexibility index (Phi) is 6.17. The molecule has 1 fully saturated rings. The summed E-state index contributed by atoms with van der Waals surface area (Å²) in [4.78, 5) is 13.8. The number of carbonyl (C=O) groups is 1. The minimum atomic E-state index is -0.438. The van der Waals surface area contributed by atoms with Gasteiger partial charge in [0.1, 0.15) is 11.4 Å². The first-order valence-electron chi connectivity index (χ1n) is 8.13. The third-order valence-corrected chi connectivity index (χ3v) is 4.14. The van der Waals surface area contributed by atoms with Crippen molar-refractivity contribution < 1.29 is 14.3 Å². The van der Waals surface area contributed by atoms with Gasteiger partial charge in [0, 0.05) is 19.0 Å². The number of nitrogens with zero attached hydrogens (tertiary/aromatic N) is 1. The largest absolute Gasteiger partial charge is 0.493 e. The number of halogens is 1. The maximum Gasteiger partial charge on any atom is 0.410 e. The zero-order valence-electron chi connectivity index (χ0n) is 14.2. The van der Waals surface area contributed by atoms with Crippen molar-refractivity contribution in [2.45, 2.75) is 45.1 Å². The summed E-state index contributed by atoms with van der Waals surface area (Å²) >= 11 is 5.77. The number of ether oxygens (including phenoxy) is 2. The van der Waals surface area contributed by atoms with Gasteiger partial charge in [-0.05, 0) is 57.2 Å². The van der Waals surface area contributed by atoms with Gasteiger partial charge in [-0.15, -0.1) is 11.6 Å². The van der Waals surface area contributed by atoms with Crippen molar-refractivity contribution in [2.24, 2.45) is 5.92 Å². The third kappa shape index (κ3) is 5.94. The summed E-state index contributed by atoms with van der Waals surface area (Å²) in [6.45, 7) is 7.81. The first-order chi connectivity index (χ1) is 10.9. The molecule has 1 aliphatic heterocycles. The quantitative estimate of drug-likeness (QED) is 0.761. The van der Waals surface area contributed by atoms with Crippen LogP contribution in [0.2, 0.25) is 0 Å². The van der Waals surface area contributed by atoms with Crippen LogP contribution in [-0.2, 0) is 10.6 Å². The molecule has 0 radical (unpaired) electrons. The Morgan fingerprint density at radius 1 is 1.22 bits per heavy atom. The minimum absolute atomic E-state index is 0.214. The first kappa shape index (κ1) is 17.9. The summed E-state index contributed by atoms with van der Waals surface area (Å²) in [5.41, 5.74) is 0.649. The highest BCUT2D eigenvalue weighted by atomic mass is 35.5. The molecule has 1 aromatic rings. The highest BCUT2D eigenvalue weighted by Gasteiger charge is 2.27. The van der Waals surface area contributed by atoms with Crippen LogP contribution in [0.15, 0.2) is 24.3 Å². The van der Waals surface area contributed by atoms with E-state index in [0.717, 1.165) is 37.2 Å². The number of piperidine rings is 1. The number of hydrogen-bond acceptors (Lipinski definition) is 3. The fraction of sp³-hybridized carbons (Fsp3) is 0.611. The van der Waals surface area contributed by atoms with Gasteiger partial charge >= 0.3 is 6.09 Å². The molecule has 0 atom stereocenters. The molecule has 128 valence electrons. The van der Waals surface area contributed by atoms with Gasteiger partial charge in [-0.2, -0.15) is 0 Å². The van der Waals surface area contributed by atoms with Gasteiger partial charge in [-0.1, -0.05) is 12.1 Å². The van der Waals surface area contributed by atoms with Crippen molar-refractivity contribution in [3.8, 4) is 5.75 Å². The summed E-state index contributed by atoms with van der Waals surface area (Å²) in [6.07, 6.45) is 1.67. The lowest BCUT2D eigenvalue weighted by Gasteiger charge is -2.33. The molecule has 2 rings (SSSR count). The van der Waals surface area contributed by atoms with Crippen LogP contribution in [0, 0.1) is 5.92 Å². The molecule has 1 aromatic carbocycles. The molecule has 1 aliphatic rings. The summed E-state index contributed by atoms with van der Waals surface area (Å²) in [7, 11) is 0. The monoisotopic (exact) mass is 339 g/mol. The molecule has 1 amide bonds. The normalized spacial score (nSPS) is 16.3. The van der Waals surface area contributed by atoms with Gasteiger partial charge in [0.05, 0.1) is 6.61 Å². The maximum atomic E-state index is 12.0. The number of benzene rings is 1. The SMILES string of the molecule is CC(C)(C)OC(=O)N1CCC(COc2ccc(CCl)cc2)CC1. The Balaban J connectivity index is 1.73. The lowest BCUT2D eigenvalue weighted by Crippen LogP contribution is -2.42. The molecule has 1 heterocycles. The molecule has 5 heteroatoms. The molecule has 0 spiro atoms. The zero-order chi connectivity index (χ0) is 16.9. The molecule has 23 heavy (non-hydrogen) atoms. The van der Waals surface area contributed by atoms with Crippen LogP contribution in [0.25, 0.3) is 0 Å². The summed E-state index contributed by atoms with van der Waals surface area (Å²) in [6, 6.07) is 7.86. The summed E-state index contributed by atoms with van der Waals surface area (Å²) in [5.74, 6) is 1.86. The molecular weight excluding hydrogens is 314 g/mol. The van der Waals surface area contributed by atoms with Gasteiger partial charge in [0.15, 0.2) is 0 Å². The van der Waals surface area contributed by atoms with Crippen LogP contribution >= 0.6 is 11.6 Å². The highest BCUT2D eigenvalue weighted by molar-refractivity contribution is 6.17. The van der Waals surface area contributed by atoms with Gasteiger partial charge in [-0.25, -0.2) is 4.79 Å². The predicted octanol–water partition coefficient (Wildman–Crippen LogP) is 4.45. The Bertz CT molecular complexity index is 502. The topological polar surface area (TPSA) is 38.8 Å². The van der Waals surface area contributed by atoms with Crippen molar-refractivity contribution in [3.63, 3.8) is 0 Å². The van der Waals surface area contributed by atoms with E-state index >= 15 is 0 Å². The summed E-state index contributed by atoms with van der Waals surface area (Å²) < 4.78 is 11.3. The van der Waals surface area contributed by atoms with Gasteiger partial charge in [0.25, 0.3) is 0 Å². The second-order valence-corrected chi connectivity index (χ2v) is 7.27. The van der Waals surface area contributed by atoms with Gasteiger partial charge in [-0.3, -0.25) is 0 Å². The molecule has 0 bridgehead atoms. The Morgan fingerprint density at radius 3 is 2.35 bits per heavy atom. The van der Waals surface area contributed by atoms with E-state index in [9.17, 15) is 4.79 Å². The van der Waals surface area contributed by atoms with Crippen LogP contribution in [0.5, 0.6) is 5.75 Å². The Hall–Kier alpha value is -1.42. The van der Waals surface area contributed by atoms with Crippen LogP contribution in [0.3, 0.4) is 0 Å². The van der Waals surface area contributed by atoms with Crippen molar-refractivity contribution in [2.75, 3.05) is 19.7 Å². The van der Waals surface area contributed by atoms with Crippen molar-refractivity contribution >= 4 is 17.7 Å². The lowest BCUT2D eigenvalue weighted by molar-refractivity contribution is 0.0165. The Morgan fingerprint density at radius 2 is 1.83 bits per heavy atom. The predicted molar refractivity (Wildman–Crippen MR) is 92.0 cm³/mol. The van der Waals surface area contributed by atoms with Crippen molar-refractivity contribution in [1.82, 2.24) is 4.90 Å². The zero-order valence-corrected chi connectivity index (χ0v) is 14.9. The van der Waals surface area contributed by atoms with E-state index in [1.807, 2.05) is 45.0 Å². The van der Waals surface area contributed by atoms with E-state index in [-0.39, 0.29) is 6.09 Å². The molecule has 1 saturated heterocycles. The fourth-order valence-corrected chi connectivity index (χ4v) is 2.68. The highest BCUT2D eigenvalue weighted by Crippen LogP contribution is 2.21. The molecule has 0 aliphatic carbocycles.